The first kappa shape index (κ1) is 13.3. The van der Waals surface area contributed by atoms with Crippen LogP contribution in [0.15, 0.2) is 0 Å². The molecule has 1 N–H and O–H groups in total. The minimum absolute atomic E-state index is 0.320. The van der Waals surface area contributed by atoms with Gasteiger partial charge in [-0.15, -0.1) is 0 Å². The lowest BCUT2D eigenvalue weighted by Gasteiger charge is -2.20. The summed E-state index contributed by atoms with van der Waals surface area (Å²) in [6, 6.07) is 0. The number of ether oxygens (including phenoxy) is 1. The molecule has 4 nitrogen and oxygen atoms in total. The van der Waals surface area contributed by atoms with Crippen LogP contribution in [0.2, 0.25) is 0 Å². The van der Waals surface area contributed by atoms with Crippen molar-refractivity contribution in [2.24, 2.45) is 5.92 Å². The van der Waals surface area contributed by atoms with Crippen LogP contribution in [0.1, 0.15) is 34.1 Å². The summed E-state index contributed by atoms with van der Waals surface area (Å²) < 4.78 is 5.15. The number of amides is 1. The zero-order chi connectivity index (χ0) is 12.2. The monoisotopic (exact) mass is 228 g/mol. The molecule has 1 aliphatic heterocycles. The standard InChI is InChI=1S/C12H24N2O2/c1-10-5-7-14(9-10)8-6-13-11(15)16-12(2,3)4/h10H,5-9H2,1-4H3,(H,13,15). The summed E-state index contributed by atoms with van der Waals surface area (Å²) in [5, 5.41) is 2.78. The SMILES string of the molecule is CC1CCN(CCNC(=O)OC(C)(C)C)C1. The molecular weight excluding hydrogens is 204 g/mol. The molecule has 1 rings (SSSR count). The summed E-state index contributed by atoms with van der Waals surface area (Å²) in [4.78, 5) is 13.7. The molecule has 0 bridgehead atoms. The molecule has 4 heteroatoms. The molecule has 94 valence electrons. The van der Waals surface area contributed by atoms with Crippen molar-refractivity contribution in [3.63, 3.8) is 0 Å². The van der Waals surface area contributed by atoms with Gasteiger partial charge in [-0.05, 0) is 39.7 Å². The van der Waals surface area contributed by atoms with Gasteiger partial charge in [0.05, 0.1) is 0 Å². The van der Waals surface area contributed by atoms with Crippen LogP contribution in [0.5, 0.6) is 0 Å². The second kappa shape index (κ2) is 5.53. The lowest BCUT2D eigenvalue weighted by Crippen LogP contribution is -2.37. The highest BCUT2D eigenvalue weighted by Gasteiger charge is 2.19. The fourth-order valence-corrected chi connectivity index (χ4v) is 1.86. The van der Waals surface area contributed by atoms with Gasteiger partial charge in [0.1, 0.15) is 5.60 Å². The highest BCUT2D eigenvalue weighted by atomic mass is 16.6. The Bertz CT molecular complexity index is 236. The minimum Gasteiger partial charge on any atom is -0.444 e. The summed E-state index contributed by atoms with van der Waals surface area (Å²) in [6.07, 6.45) is 0.951. The Kier molecular flexibility index (Phi) is 4.59. The molecule has 1 heterocycles. The van der Waals surface area contributed by atoms with E-state index in [1.165, 1.54) is 6.42 Å². The molecule has 0 spiro atoms. The van der Waals surface area contributed by atoms with E-state index >= 15 is 0 Å². The third-order valence-electron chi connectivity index (χ3n) is 2.60. The van der Waals surface area contributed by atoms with Crippen LogP contribution in [-0.4, -0.2) is 42.8 Å². The third kappa shape index (κ3) is 5.35. The van der Waals surface area contributed by atoms with E-state index in [1.54, 1.807) is 0 Å². The second-order valence-corrected chi connectivity index (χ2v) is 5.62. The number of nitrogens with zero attached hydrogens (tertiary/aromatic N) is 1. The molecule has 1 amide bonds. The van der Waals surface area contributed by atoms with Crippen molar-refractivity contribution in [1.82, 2.24) is 10.2 Å². The maximum atomic E-state index is 11.3. The molecule has 1 saturated heterocycles. The number of hydrogen-bond acceptors (Lipinski definition) is 3. The molecule has 1 unspecified atom stereocenters. The summed E-state index contributed by atoms with van der Waals surface area (Å²) in [5.74, 6) is 0.793. The van der Waals surface area contributed by atoms with Crippen molar-refractivity contribution < 1.29 is 9.53 Å². The van der Waals surface area contributed by atoms with Gasteiger partial charge in [-0.1, -0.05) is 6.92 Å². The van der Waals surface area contributed by atoms with E-state index in [1.807, 2.05) is 20.8 Å². The molecule has 0 aromatic heterocycles. The molecule has 1 aliphatic rings. The molecule has 0 radical (unpaired) electrons. The normalized spacial score (nSPS) is 22.1. The average molecular weight is 228 g/mol. The van der Waals surface area contributed by atoms with Crippen molar-refractivity contribution in [3.05, 3.63) is 0 Å². The van der Waals surface area contributed by atoms with Gasteiger partial charge in [0.25, 0.3) is 0 Å². The molecular formula is C12H24N2O2. The molecule has 1 fully saturated rings. The zero-order valence-electron chi connectivity index (χ0n) is 10.9. The molecule has 0 aromatic carbocycles. The number of likely N-dealkylation sites (tertiary alicyclic amines) is 1. The van der Waals surface area contributed by atoms with E-state index in [-0.39, 0.29) is 6.09 Å². The summed E-state index contributed by atoms with van der Waals surface area (Å²) >= 11 is 0. The van der Waals surface area contributed by atoms with Crippen molar-refractivity contribution in [2.75, 3.05) is 26.2 Å². The van der Waals surface area contributed by atoms with E-state index in [4.69, 9.17) is 4.74 Å². The van der Waals surface area contributed by atoms with Crippen molar-refractivity contribution in [3.8, 4) is 0 Å². The Morgan fingerprint density at radius 2 is 2.19 bits per heavy atom. The van der Waals surface area contributed by atoms with Crippen LogP contribution in [0.4, 0.5) is 4.79 Å². The molecule has 1 atom stereocenters. The van der Waals surface area contributed by atoms with Crippen LogP contribution < -0.4 is 5.32 Å². The first-order chi connectivity index (χ1) is 7.37. The summed E-state index contributed by atoms with van der Waals surface area (Å²) in [5.41, 5.74) is -0.410. The summed E-state index contributed by atoms with van der Waals surface area (Å²) in [6.45, 7) is 11.8. The quantitative estimate of drug-likeness (QED) is 0.801. The first-order valence-electron chi connectivity index (χ1n) is 6.06. The maximum Gasteiger partial charge on any atom is 0.407 e. The number of carbonyl (C=O) groups is 1. The number of nitrogens with one attached hydrogen (secondary N) is 1. The first-order valence-corrected chi connectivity index (χ1v) is 6.06. The van der Waals surface area contributed by atoms with Gasteiger partial charge in [0.15, 0.2) is 0 Å². The fraction of sp³-hybridized carbons (Fsp3) is 0.917. The Labute approximate surface area is 98.3 Å². The lowest BCUT2D eigenvalue weighted by atomic mass is 10.2. The molecule has 16 heavy (non-hydrogen) atoms. The predicted molar refractivity (Wildman–Crippen MR) is 64.5 cm³/mol. The van der Waals surface area contributed by atoms with E-state index in [0.717, 1.165) is 25.6 Å². The Balaban J connectivity index is 2.09. The minimum atomic E-state index is -0.410. The smallest absolute Gasteiger partial charge is 0.407 e. The van der Waals surface area contributed by atoms with E-state index in [0.29, 0.717) is 6.54 Å². The van der Waals surface area contributed by atoms with Gasteiger partial charge in [0, 0.05) is 19.6 Å². The largest absolute Gasteiger partial charge is 0.444 e. The number of carbonyl (C=O) groups excluding carboxylic acids is 1. The van der Waals surface area contributed by atoms with Crippen LogP contribution in [-0.2, 0) is 4.74 Å². The highest BCUT2D eigenvalue weighted by Crippen LogP contribution is 2.13. The summed E-state index contributed by atoms with van der Waals surface area (Å²) in [7, 11) is 0. The zero-order valence-corrected chi connectivity index (χ0v) is 10.9. The second-order valence-electron chi connectivity index (χ2n) is 5.62. The van der Waals surface area contributed by atoms with Crippen molar-refractivity contribution in [2.45, 2.75) is 39.7 Å². The van der Waals surface area contributed by atoms with Crippen LogP contribution >= 0.6 is 0 Å². The van der Waals surface area contributed by atoms with Crippen LogP contribution in [0, 0.1) is 5.92 Å². The van der Waals surface area contributed by atoms with Gasteiger partial charge < -0.3 is 15.0 Å². The third-order valence-corrected chi connectivity index (χ3v) is 2.60. The molecule has 0 aliphatic carbocycles. The average Bonchev–Trinajstić information content (AvgIpc) is 2.48. The van der Waals surface area contributed by atoms with Crippen LogP contribution in [0.3, 0.4) is 0 Å². The molecule has 0 saturated carbocycles. The van der Waals surface area contributed by atoms with Gasteiger partial charge >= 0.3 is 6.09 Å². The maximum absolute atomic E-state index is 11.3. The number of alkyl carbamates (subject to hydrolysis) is 1. The number of rotatable bonds is 3. The van der Waals surface area contributed by atoms with E-state index in [9.17, 15) is 4.79 Å². The van der Waals surface area contributed by atoms with E-state index < -0.39 is 5.60 Å². The Morgan fingerprint density at radius 3 is 2.69 bits per heavy atom. The van der Waals surface area contributed by atoms with Crippen LogP contribution in [0.25, 0.3) is 0 Å². The Hall–Kier alpha value is -0.770. The topological polar surface area (TPSA) is 41.6 Å². The lowest BCUT2D eigenvalue weighted by molar-refractivity contribution is 0.0523. The molecule has 0 aromatic rings. The predicted octanol–water partition coefficient (Wildman–Crippen LogP) is 1.85. The highest BCUT2D eigenvalue weighted by molar-refractivity contribution is 5.67. The van der Waals surface area contributed by atoms with E-state index in [2.05, 4.69) is 17.1 Å². The van der Waals surface area contributed by atoms with Gasteiger partial charge in [-0.2, -0.15) is 0 Å². The van der Waals surface area contributed by atoms with Crippen molar-refractivity contribution in [1.29, 1.82) is 0 Å². The number of hydrogen-bond donors (Lipinski definition) is 1. The fourth-order valence-electron chi connectivity index (χ4n) is 1.86. The van der Waals surface area contributed by atoms with Gasteiger partial charge in [-0.25, -0.2) is 4.79 Å². The van der Waals surface area contributed by atoms with Gasteiger partial charge in [-0.3, -0.25) is 0 Å². The van der Waals surface area contributed by atoms with Crippen molar-refractivity contribution >= 4 is 6.09 Å². The Morgan fingerprint density at radius 1 is 1.50 bits per heavy atom. The van der Waals surface area contributed by atoms with Gasteiger partial charge in [0.2, 0.25) is 0 Å².